The first-order valence-electron chi connectivity index (χ1n) is 10.2. The second-order valence-electron chi connectivity index (χ2n) is 8.02. The molecule has 0 bridgehead atoms. The van der Waals surface area contributed by atoms with Crippen molar-refractivity contribution in [3.05, 3.63) is 70.6 Å². The van der Waals surface area contributed by atoms with Crippen LogP contribution in [-0.2, 0) is 11.2 Å². The van der Waals surface area contributed by atoms with E-state index < -0.39 is 6.04 Å². The van der Waals surface area contributed by atoms with Crippen LogP contribution >= 0.6 is 0 Å². The van der Waals surface area contributed by atoms with Gasteiger partial charge in [0.25, 0.3) is 5.56 Å². The maximum absolute atomic E-state index is 13.1. The molecule has 2 N–H and O–H groups in total. The molecule has 0 saturated carbocycles. The zero-order chi connectivity index (χ0) is 21.3. The topological polar surface area (TPSA) is 92.7 Å². The van der Waals surface area contributed by atoms with Crippen molar-refractivity contribution in [2.75, 3.05) is 0 Å². The summed E-state index contributed by atoms with van der Waals surface area (Å²) in [7, 11) is 0. The predicted octanol–water partition coefficient (Wildman–Crippen LogP) is 3.22. The van der Waals surface area contributed by atoms with E-state index in [-0.39, 0.29) is 23.4 Å². The highest BCUT2D eigenvalue weighted by molar-refractivity contribution is 5.84. The maximum atomic E-state index is 13.1. The van der Waals surface area contributed by atoms with Crippen LogP contribution < -0.4 is 10.9 Å². The number of aromatic amines is 1. The largest absolute Gasteiger partial charge is 0.361 e. The molecule has 2 heterocycles. The number of benzene rings is 2. The summed E-state index contributed by atoms with van der Waals surface area (Å²) in [6.45, 7) is 5.77. The van der Waals surface area contributed by atoms with Gasteiger partial charge in [-0.2, -0.15) is 4.68 Å². The van der Waals surface area contributed by atoms with Crippen molar-refractivity contribution in [2.24, 2.45) is 5.92 Å². The standard InChI is InChI=1S/C23H25N5O2/c1-14(2)21(28-23(30)18-9-5-7-11-20(18)26-27-28)22(29)25-15(3)12-16-13-24-19-10-6-4-8-17(16)19/h4-11,13-15,21,24H,12H2,1-3H3,(H,25,29). The van der Waals surface area contributed by atoms with Gasteiger partial charge in [0.1, 0.15) is 11.6 Å². The lowest BCUT2D eigenvalue weighted by molar-refractivity contribution is -0.126. The van der Waals surface area contributed by atoms with E-state index in [1.165, 1.54) is 4.68 Å². The van der Waals surface area contributed by atoms with Gasteiger partial charge in [-0.25, -0.2) is 0 Å². The maximum Gasteiger partial charge on any atom is 0.278 e. The molecule has 0 fully saturated rings. The molecular weight excluding hydrogens is 378 g/mol. The summed E-state index contributed by atoms with van der Waals surface area (Å²) in [5.74, 6) is -0.359. The fourth-order valence-electron chi connectivity index (χ4n) is 3.89. The molecule has 0 aliphatic rings. The van der Waals surface area contributed by atoms with Crippen molar-refractivity contribution < 1.29 is 4.79 Å². The summed E-state index contributed by atoms with van der Waals surface area (Å²) in [4.78, 5) is 29.3. The van der Waals surface area contributed by atoms with Gasteiger partial charge in [-0.3, -0.25) is 9.59 Å². The Labute approximate surface area is 174 Å². The van der Waals surface area contributed by atoms with Gasteiger partial charge >= 0.3 is 0 Å². The van der Waals surface area contributed by atoms with Crippen LogP contribution in [0.4, 0.5) is 0 Å². The number of hydrogen-bond donors (Lipinski definition) is 2. The molecule has 154 valence electrons. The van der Waals surface area contributed by atoms with Gasteiger partial charge in [0, 0.05) is 23.1 Å². The van der Waals surface area contributed by atoms with Crippen LogP contribution in [0.15, 0.2) is 59.5 Å². The number of aromatic nitrogens is 4. The van der Waals surface area contributed by atoms with Crippen molar-refractivity contribution in [3.8, 4) is 0 Å². The Morgan fingerprint density at radius 1 is 1.07 bits per heavy atom. The minimum absolute atomic E-state index is 0.109. The quantitative estimate of drug-likeness (QED) is 0.517. The normalized spacial score (nSPS) is 13.6. The highest BCUT2D eigenvalue weighted by atomic mass is 16.2. The van der Waals surface area contributed by atoms with Crippen LogP contribution in [0.1, 0.15) is 32.4 Å². The van der Waals surface area contributed by atoms with E-state index in [9.17, 15) is 9.59 Å². The fraction of sp³-hybridized carbons (Fsp3) is 0.304. The molecule has 0 aliphatic heterocycles. The molecule has 1 amide bonds. The average molecular weight is 403 g/mol. The van der Waals surface area contributed by atoms with Crippen LogP contribution in [0.25, 0.3) is 21.8 Å². The Kier molecular flexibility index (Phi) is 5.35. The molecule has 7 heteroatoms. The number of carbonyl (C=O) groups excluding carboxylic acids is 1. The number of nitrogens with one attached hydrogen (secondary N) is 2. The lowest BCUT2D eigenvalue weighted by Crippen LogP contribution is -2.44. The summed E-state index contributed by atoms with van der Waals surface area (Å²) in [5.41, 5.74) is 2.43. The Morgan fingerprint density at radius 3 is 2.53 bits per heavy atom. The van der Waals surface area contributed by atoms with Crippen molar-refractivity contribution in [3.63, 3.8) is 0 Å². The summed E-state index contributed by atoms with van der Waals surface area (Å²) >= 11 is 0. The van der Waals surface area contributed by atoms with Crippen LogP contribution in [-0.4, -0.2) is 31.9 Å². The third-order valence-electron chi connectivity index (χ3n) is 5.34. The van der Waals surface area contributed by atoms with E-state index >= 15 is 0 Å². The molecule has 0 saturated heterocycles. The van der Waals surface area contributed by atoms with Gasteiger partial charge < -0.3 is 10.3 Å². The molecule has 0 aliphatic carbocycles. The number of carbonyl (C=O) groups is 1. The molecule has 4 rings (SSSR count). The molecule has 30 heavy (non-hydrogen) atoms. The first kappa shape index (κ1) is 19.8. The summed E-state index contributed by atoms with van der Waals surface area (Å²) < 4.78 is 1.21. The first-order chi connectivity index (χ1) is 14.5. The molecule has 2 unspecified atom stereocenters. The van der Waals surface area contributed by atoms with E-state index in [1.54, 1.807) is 24.3 Å². The monoisotopic (exact) mass is 403 g/mol. The first-order valence-corrected chi connectivity index (χ1v) is 10.2. The van der Waals surface area contributed by atoms with Crippen LogP contribution in [0.2, 0.25) is 0 Å². The van der Waals surface area contributed by atoms with Gasteiger partial charge in [0.05, 0.1) is 5.39 Å². The van der Waals surface area contributed by atoms with E-state index in [0.29, 0.717) is 17.3 Å². The van der Waals surface area contributed by atoms with Crippen LogP contribution in [0, 0.1) is 5.92 Å². The van der Waals surface area contributed by atoms with Crippen molar-refractivity contribution in [2.45, 2.75) is 39.3 Å². The third kappa shape index (κ3) is 3.70. The lowest BCUT2D eigenvalue weighted by atomic mass is 10.0. The van der Waals surface area contributed by atoms with Crippen molar-refractivity contribution >= 4 is 27.7 Å². The van der Waals surface area contributed by atoms with Gasteiger partial charge in [-0.15, -0.1) is 5.10 Å². The number of fused-ring (bicyclic) bond motifs is 2. The molecule has 0 spiro atoms. The summed E-state index contributed by atoms with van der Waals surface area (Å²) in [6.07, 6.45) is 2.66. The Bertz CT molecular complexity index is 1260. The Hall–Kier alpha value is -3.48. The predicted molar refractivity (Wildman–Crippen MR) is 117 cm³/mol. The Balaban J connectivity index is 1.57. The van der Waals surface area contributed by atoms with E-state index in [1.807, 2.05) is 45.2 Å². The van der Waals surface area contributed by atoms with Gasteiger partial charge in [-0.1, -0.05) is 49.4 Å². The van der Waals surface area contributed by atoms with Crippen LogP contribution in [0.5, 0.6) is 0 Å². The number of rotatable bonds is 6. The minimum atomic E-state index is -0.736. The second kappa shape index (κ2) is 8.10. The van der Waals surface area contributed by atoms with Gasteiger partial charge in [-0.05, 0) is 43.0 Å². The molecule has 4 aromatic rings. The zero-order valence-electron chi connectivity index (χ0n) is 17.3. The van der Waals surface area contributed by atoms with Crippen molar-refractivity contribution in [1.29, 1.82) is 0 Å². The highest BCUT2D eigenvalue weighted by Crippen LogP contribution is 2.20. The molecule has 0 radical (unpaired) electrons. The molecular formula is C23H25N5O2. The fourth-order valence-corrected chi connectivity index (χ4v) is 3.89. The number of para-hydroxylation sites is 1. The third-order valence-corrected chi connectivity index (χ3v) is 5.34. The van der Waals surface area contributed by atoms with Crippen molar-refractivity contribution in [1.82, 2.24) is 25.3 Å². The molecule has 2 aromatic carbocycles. The summed E-state index contributed by atoms with van der Waals surface area (Å²) in [6, 6.07) is 14.3. The van der Waals surface area contributed by atoms with Gasteiger partial charge in [0.15, 0.2) is 0 Å². The zero-order valence-corrected chi connectivity index (χ0v) is 17.3. The van der Waals surface area contributed by atoms with Crippen LogP contribution in [0.3, 0.4) is 0 Å². The number of H-pyrrole nitrogens is 1. The highest BCUT2D eigenvalue weighted by Gasteiger charge is 2.28. The molecule has 7 nitrogen and oxygen atoms in total. The SMILES string of the molecule is CC(Cc1c[nH]c2ccccc12)NC(=O)C(C(C)C)n1nnc2ccccc2c1=O. The lowest BCUT2D eigenvalue weighted by Gasteiger charge is -2.23. The molecule has 2 aromatic heterocycles. The Morgan fingerprint density at radius 2 is 1.77 bits per heavy atom. The smallest absolute Gasteiger partial charge is 0.278 e. The summed E-state index contributed by atoms with van der Waals surface area (Å²) in [5, 5.41) is 12.9. The number of nitrogens with zero attached hydrogens (tertiary/aromatic N) is 3. The average Bonchev–Trinajstić information content (AvgIpc) is 3.12. The minimum Gasteiger partial charge on any atom is -0.361 e. The van der Waals surface area contributed by atoms with Gasteiger partial charge in [0.2, 0.25) is 5.91 Å². The van der Waals surface area contributed by atoms with E-state index in [2.05, 4.69) is 26.7 Å². The molecule has 2 atom stereocenters. The second-order valence-corrected chi connectivity index (χ2v) is 8.02. The van der Waals surface area contributed by atoms with E-state index in [4.69, 9.17) is 0 Å². The number of amides is 1. The number of hydrogen-bond acceptors (Lipinski definition) is 4. The van der Waals surface area contributed by atoms with E-state index in [0.717, 1.165) is 16.5 Å².